The van der Waals surface area contributed by atoms with Gasteiger partial charge in [-0.2, -0.15) is 0 Å². The third-order valence-corrected chi connectivity index (χ3v) is 4.27. The first-order chi connectivity index (χ1) is 8.75. The fraction of sp³-hybridized carbons (Fsp3) is 0.154. The molecule has 0 spiro atoms. The van der Waals surface area contributed by atoms with E-state index in [0.717, 1.165) is 16.7 Å². The van der Waals surface area contributed by atoms with Gasteiger partial charge in [-0.3, -0.25) is 14.7 Å². The second-order valence-corrected chi connectivity index (χ2v) is 5.72. The molecule has 1 fully saturated rings. The Bertz CT molecular complexity index is 642. The van der Waals surface area contributed by atoms with Crippen LogP contribution in [0.1, 0.15) is 10.4 Å². The number of hydrogen-bond donors (Lipinski definition) is 0. The van der Waals surface area contributed by atoms with E-state index in [-0.39, 0.29) is 5.91 Å². The molecule has 0 unspecified atom stereocenters. The van der Waals surface area contributed by atoms with Gasteiger partial charge in [-0.25, -0.2) is 0 Å². The molecule has 1 aliphatic rings. The average molecular weight is 274 g/mol. The zero-order valence-electron chi connectivity index (χ0n) is 9.50. The fourth-order valence-electron chi connectivity index (χ4n) is 1.92. The highest BCUT2D eigenvalue weighted by molar-refractivity contribution is 8.23. The van der Waals surface area contributed by atoms with Gasteiger partial charge in [0.2, 0.25) is 0 Å². The standard InChI is InChI=1S/C13H10N2OS2/c16-12(15-5-6-18-13(15)17)10-7-9-3-1-2-4-11(9)14-8-10/h1-4,7-8H,5-6H2. The molecule has 5 heteroatoms. The molecule has 18 heavy (non-hydrogen) atoms. The van der Waals surface area contributed by atoms with Gasteiger partial charge in [0.15, 0.2) is 0 Å². The molecule has 0 aliphatic carbocycles. The molecular weight excluding hydrogens is 264 g/mol. The molecule has 0 bridgehead atoms. The number of thiocarbonyl (C=S) groups is 1. The van der Waals surface area contributed by atoms with Gasteiger partial charge in [0.1, 0.15) is 4.32 Å². The maximum Gasteiger partial charge on any atom is 0.260 e. The van der Waals surface area contributed by atoms with Crippen LogP contribution in [-0.4, -0.2) is 32.4 Å². The van der Waals surface area contributed by atoms with Gasteiger partial charge >= 0.3 is 0 Å². The Morgan fingerprint density at radius 1 is 1.39 bits per heavy atom. The lowest BCUT2D eigenvalue weighted by atomic mass is 10.1. The Morgan fingerprint density at radius 2 is 2.22 bits per heavy atom. The van der Waals surface area contributed by atoms with E-state index in [1.807, 2.05) is 30.3 Å². The van der Waals surface area contributed by atoms with Crippen LogP contribution in [0.2, 0.25) is 0 Å². The molecule has 1 saturated heterocycles. The second-order valence-electron chi connectivity index (χ2n) is 3.99. The molecule has 2 aromatic rings. The maximum atomic E-state index is 12.3. The first-order valence-corrected chi connectivity index (χ1v) is 6.98. The molecule has 1 aromatic heterocycles. The zero-order chi connectivity index (χ0) is 12.5. The smallest absolute Gasteiger partial charge is 0.260 e. The number of thioether (sulfide) groups is 1. The predicted octanol–water partition coefficient (Wildman–Crippen LogP) is 2.71. The summed E-state index contributed by atoms with van der Waals surface area (Å²) < 4.78 is 0.660. The predicted molar refractivity (Wildman–Crippen MR) is 77.8 cm³/mol. The van der Waals surface area contributed by atoms with Crippen LogP contribution >= 0.6 is 24.0 Å². The van der Waals surface area contributed by atoms with E-state index in [2.05, 4.69) is 4.98 Å². The van der Waals surface area contributed by atoms with Gasteiger partial charge in [-0.1, -0.05) is 42.2 Å². The van der Waals surface area contributed by atoms with Crippen molar-refractivity contribution in [3.63, 3.8) is 0 Å². The Balaban J connectivity index is 1.99. The van der Waals surface area contributed by atoms with Crippen molar-refractivity contribution >= 4 is 45.1 Å². The fourth-order valence-corrected chi connectivity index (χ4v) is 3.12. The highest BCUT2D eigenvalue weighted by atomic mass is 32.2. The van der Waals surface area contributed by atoms with Crippen LogP contribution in [0.5, 0.6) is 0 Å². The molecule has 0 radical (unpaired) electrons. The molecule has 90 valence electrons. The summed E-state index contributed by atoms with van der Waals surface area (Å²) in [6, 6.07) is 9.63. The van der Waals surface area contributed by atoms with Gasteiger partial charge in [0.25, 0.3) is 5.91 Å². The minimum atomic E-state index is -0.0525. The van der Waals surface area contributed by atoms with E-state index in [9.17, 15) is 4.79 Å². The second kappa shape index (κ2) is 4.66. The third kappa shape index (κ3) is 2.00. The average Bonchev–Trinajstić information content (AvgIpc) is 2.83. The summed E-state index contributed by atoms with van der Waals surface area (Å²) in [4.78, 5) is 18.2. The number of nitrogens with zero attached hydrogens (tertiary/aromatic N) is 2. The Labute approximate surface area is 114 Å². The summed E-state index contributed by atoms with van der Waals surface area (Å²) in [6.45, 7) is 0.690. The molecule has 3 nitrogen and oxygen atoms in total. The van der Waals surface area contributed by atoms with Gasteiger partial charge in [0, 0.05) is 23.9 Å². The number of aromatic nitrogens is 1. The van der Waals surface area contributed by atoms with Gasteiger partial charge in [0.05, 0.1) is 11.1 Å². The minimum Gasteiger partial charge on any atom is -0.293 e. The topological polar surface area (TPSA) is 33.2 Å². The van der Waals surface area contributed by atoms with E-state index in [1.165, 1.54) is 0 Å². The molecular formula is C13H10N2OS2. The van der Waals surface area contributed by atoms with Crippen LogP contribution in [-0.2, 0) is 0 Å². The van der Waals surface area contributed by atoms with Crippen molar-refractivity contribution in [3.05, 3.63) is 42.1 Å². The monoisotopic (exact) mass is 274 g/mol. The highest BCUT2D eigenvalue weighted by Gasteiger charge is 2.25. The van der Waals surface area contributed by atoms with Gasteiger partial charge < -0.3 is 0 Å². The molecule has 1 amide bonds. The van der Waals surface area contributed by atoms with Crippen molar-refractivity contribution in [1.82, 2.24) is 9.88 Å². The Hall–Kier alpha value is -1.46. The van der Waals surface area contributed by atoms with Crippen LogP contribution in [0.25, 0.3) is 10.9 Å². The number of rotatable bonds is 1. The number of carbonyl (C=O) groups is 1. The van der Waals surface area contributed by atoms with Crippen molar-refractivity contribution in [2.24, 2.45) is 0 Å². The van der Waals surface area contributed by atoms with Crippen LogP contribution in [0, 0.1) is 0 Å². The molecule has 1 aliphatic heterocycles. The number of hydrogen-bond acceptors (Lipinski definition) is 4. The van der Waals surface area contributed by atoms with Crippen molar-refractivity contribution in [1.29, 1.82) is 0 Å². The number of carbonyl (C=O) groups excluding carboxylic acids is 1. The SMILES string of the molecule is O=C(c1cnc2ccccc2c1)N1CCSC1=S. The third-order valence-electron chi connectivity index (χ3n) is 2.84. The molecule has 3 rings (SSSR count). The van der Waals surface area contributed by atoms with E-state index in [4.69, 9.17) is 12.2 Å². The normalized spacial score (nSPS) is 15.3. The maximum absolute atomic E-state index is 12.3. The van der Waals surface area contributed by atoms with Gasteiger partial charge in [-0.15, -0.1) is 0 Å². The molecule has 0 atom stereocenters. The van der Waals surface area contributed by atoms with E-state index in [0.29, 0.717) is 16.4 Å². The van der Waals surface area contributed by atoms with Crippen LogP contribution in [0.3, 0.4) is 0 Å². The number of para-hydroxylation sites is 1. The summed E-state index contributed by atoms with van der Waals surface area (Å²) in [5.41, 5.74) is 1.49. The summed E-state index contributed by atoms with van der Waals surface area (Å²) in [5.74, 6) is 0.828. The number of amides is 1. The first kappa shape index (κ1) is 11.6. The quantitative estimate of drug-likeness (QED) is 0.749. The zero-order valence-corrected chi connectivity index (χ0v) is 11.1. The summed E-state index contributed by atoms with van der Waals surface area (Å²) >= 11 is 6.71. The summed E-state index contributed by atoms with van der Waals surface area (Å²) in [7, 11) is 0. The summed E-state index contributed by atoms with van der Waals surface area (Å²) in [5, 5.41) is 0.973. The lowest BCUT2D eigenvalue weighted by Gasteiger charge is -2.14. The lowest BCUT2D eigenvalue weighted by Crippen LogP contribution is -2.30. The van der Waals surface area contributed by atoms with E-state index in [1.54, 1.807) is 22.9 Å². The van der Waals surface area contributed by atoms with Crippen LogP contribution in [0.15, 0.2) is 36.5 Å². The van der Waals surface area contributed by atoms with Crippen molar-refractivity contribution < 1.29 is 4.79 Å². The number of pyridine rings is 1. The Morgan fingerprint density at radius 3 is 3.00 bits per heavy atom. The van der Waals surface area contributed by atoms with E-state index < -0.39 is 0 Å². The highest BCUT2D eigenvalue weighted by Crippen LogP contribution is 2.21. The minimum absolute atomic E-state index is 0.0525. The van der Waals surface area contributed by atoms with E-state index >= 15 is 0 Å². The summed E-state index contributed by atoms with van der Waals surface area (Å²) in [6.07, 6.45) is 1.62. The number of benzene rings is 1. The lowest BCUT2D eigenvalue weighted by molar-refractivity contribution is 0.0861. The van der Waals surface area contributed by atoms with Crippen molar-refractivity contribution in [2.75, 3.05) is 12.3 Å². The molecule has 2 heterocycles. The first-order valence-electron chi connectivity index (χ1n) is 5.59. The Kier molecular flexibility index (Phi) is 3.01. The molecule has 1 aromatic carbocycles. The van der Waals surface area contributed by atoms with Crippen LogP contribution in [0.4, 0.5) is 0 Å². The molecule has 0 N–H and O–H groups in total. The van der Waals surface area contributed by atoms with Crippen molar-refractivity contribution in [3.8, 4) is 0 Å². The number of fused-ring (bicyclic) bond motifs is 1. The van der Waals surface area contributed by atoms with Crippen LogP contribution < -0.4 is 0 Å². The molecule has 0 saturated carbocycles. The largest absolute Gasteiger partial charge is 0.293 e. The van der Waals surface area contributed by atoms with Gasteiger partial charge in [-0.05, 0) is 12.1 Å². The van der Waals surface area contributed by atoms with Crippen molar-refractivity contribution in [2.45, 2.75) is 0 Å².